The fourth-order valence-electron chi connectivity index (χ4n) is 1.60. The first-order valence-corrected chi connectivity index (χ1v) is 8.06. The van der Waals surface area contributed by atoms with Gasteiger partial charge in [0, 0.05) is 5.38 Å². The molecule has 0 unspecified atom stereocenters. The van der Waals surface area contributed by atoms with Gasteiger partial charge in [-0.05, 0) is 32.0 Å². The molecule has 0 saturated carbocycles. The van der Waals surface area contributed by atoms with E-state index < -0.39 is 22.0 Å². The summed E-state index contributed by atoms with van der Waals surface area (Å²) < 4.78 is 32.0. The second-order valence-corrected chi connectivity index (χ2v) is 7.10. The van der Waals surface area contributed by atoms with E-state index in [1.54, 1.807) is 26.0 Å². The van der Waals surface area contributed by atoms with E-state index in [9.17, 15) is 13.2 Å². The Morgan fingerprint density at radius 1 is 1.45 bits per heavy atom. The molecule has 2 heterocycles. The first kappa shape index (κ1) is 14.8. The van der Waals surface area contributed by atoms with Crippen molar-refractivity contribution in [3.05, 3.63) is 40.7 Å². The largest absolute Gasteiger partial charge is 0.478 e. The van der Waals surface area contributed by atoms with Crippen LogP contribution in [0.2, 0.25) is 0 Å². The molecule has 0 amide bonds. The molecular weight excluding hydrogens is 302 g/mol. The van der Waals surface area contributed by atoms with Crippen molar-refractivity contribution in [2.24, 2.45) is 0 Å². The molecule has 20 heavy (non-hydrogen) atoms. The van der Waals surface area contributed by atoms with E-state index in [1.807, 2.05) is 0 Å². The predicted octanol–water partition coefficient (Wildman–Crippen LogP) is 2.39. The average molecular weight is 315 g/mol. The van der Waals surface area contributed by atoms with Crippen molar-refractivity contribution in [2.75, 3.05) is 0 Å². The highest BCUT2D eigenvalue weighted by atomic mass is 32.2. The summed E-state index contributed by atoms with van der Waals surface area (Å²) in [6.07, 6.45) is 0. The number of hydrogen-bond donors (Lipinski definition) is 2. The maximum atomic E-state index is 12.1. The van der Waals surface area contributed by atoms with Gasteiger partial charge in [-0.1, -0.05) is 0 Å². The smallest absolute Gasteiger partial charge is 0.336 e. The number of rotatable bonds is 5. The molecule has 0 radical (unpaired) electrons. The molecule has 108 valence electrons. The fraction of sp³-hybridized carbons (Fsp3) is 0.250. The Morgan fingerprint density at radius 2 is 2.15 bits per heavy atom. The molecule has 0 aliphatic rings. The van der Waals surface area contributed by atoms with Gasteiger partial charge in [0.25, 0.3) is 10.0 Å². The van der Waals surface area contributed by atoms with E-state index >= 15 is 0 Å². The molecule has 8 heteroatoms. The van der Waals surface area contributed by atoms with Crippen LogP contribution in [0.25, 0.3) is 0 Å². The summed E-state index contributed by atoms with van der Waals surface area (Å²) in [5.74, 6) is 0.0360. The SMILES string of the molecule is Cc1ccc([C@H](C)NS(=O)(=O)c2cc(C(=O)O)cs2)o1. The highest BCUT2D eigenvalue weighted by Crippen LogP contribution is 2.23. The fourth-order valence-corrected chi connectivity index (χ4v) is 3.99. The van der Waals surface area contributed by atoms with Crippen molar-refractivity contribution in [3.63, 3.8) is 0 Å². The van der Waals surface area contributed by atoms with Crippen LogP contribution in [0.4, 0.5) is 0 Å². The molecule has 0 fully saturated rings. The van der Waals surface area contributed by atoms with Gasteiger partial charge in [0.2, 0.25) is 0 Å². The third kappa shape index (κ3) is 3.09. The van der Waals surface area contributed by atoms with Gasteiger partial charge in [-0.3, -0.25) is 0 Å². The summed E-state index contributed by atoms with van der Waals surface area (Å²) in [6, 6.07) is 4.03. The second-order valence-electron chi connectivity index (χ2n) is 4.25. The Hall–Kier alpha value is -1.64. The van der Waals surface area contributed by atoms with Gasteiger partial charge in [0.15, 0.2) is 0 Å². The number of nitrogens with one attached hydrogen (secondary N) is 1. The Morgan fingerprint density at radius 3 is 2.65 bits per heavy atom. The Kier molecular flexibility index (Phi) is 3.98. The quantitative estimate of drug-likeness (QED) is 0.883. The van der Waals surface area contributed by atoms with Crippen molar-refractivity contribution in [2.45, 2.75) is 24.1 Å². The Balaban J connectivity index is 2.20. The van der Waals surface area contributed by atoms with Crippen LogP contribution in [0.1, 0.15) is 34.8 Å². The van der Waals surface area contributed by atoms with Crippen molar-refractivity contribution in [1.82, 2.24) is 4.72 Å². The summed E-state index contributed by atoms with van der Waals surface area (Å²) in [5.41, 5.74) is -0.0446. The molecule has 0 aromatic carbocycles. The van der Waals surface area contributed by atoms with Gasteiger partial charge in [-0.2, -0.15) is 0 Å². The molecule has 6 nitrogen and oxygen atoms in total. The number of thiophene rings is 1. The lowest BCUT2D eigenvalue weighted by Crippen LogP contribution is -2.26. The normalized spacial score (nSPS) is 13.3. The number of sulfonamides is 1. The molecule has 2 aromatic heterocycles. The number of carboxylic acids is 1. The summed E-state index contributed by atoms with van der Waals surface area (Å²) >= 11 is 0.865. The molecule has 0 aliphatic carbocycles. The maximum Gasteiger partial charge on any atom is 0.336 e. The van der Waals surface area contributed by atoms with Crippen LogP contribution >= 0.6 is 11.3 Å². The van der Waals surface area contributed by atoms with Crippen molar-refractivity contribution in [1.29, 1.82) is 0 Å². The maximum absolute atomic E-state index is 12.1. The Labute approximate surface area is 120 Å². The van der Waals surface area contributed by atoms with E-state index in [2.05, 4.69) is 4.72 Å². The minimum Gasteiger partial charge on any atom is -0.478 e. The number of aromatic carboxylic acids is 1. The molecule has 2 aromatic rings. The standard InChI is InChI=1S/C12H13NO5S2/c1-7-3-4-10(18-7)8(2)13-20(16,17)11-5-9(6-19-11)12(14)15/h3-6,8,13H,1-2H3,(H,14,15)/t8-/m0/s1. The van der Waals surface area contributed by atoms with Gasteiger partial charge >= 0.3 is 5.97 Å². The monoisotopic (exact) mass is 315 g/mol. The van der Waals surface area contributed by atoms with Crippen LogP contribution in [0, 0.1) is 6.92 Å². The first-order valence-electron chi connectivity index (χ1n) is 5.70. The van der Waals surface area contributed by atoms with Gasteiger partial charge in [0.1, 0.15) is 15.7 Å². The molecule has 0 bridgehead atoms. The van der Waals surface area contributed by atoms with Crippen LogP contribution in [0.5, 0.6) is 0 Å². The van der Waals surface area contributed by atoms with Crippen LogP contribution in [0.3, 0.4) is 0 Å². The van der Waals surface area contributed by atoms with Gasteiger partial charge in [-0.25, -0.2) is 17.9 Å². The average Bonchev–Trinajstić information content (AvgIpc) is 2.96. The minimum absolute atomic E-state index is 0.0370. The summed E-state index contributed by atoms with van der Waals surface area (Å²) in [7, 11) is -3.77. The Bertz CT molecular complexity index is 729. The second kappa shape index (κ2) is 5.39. The van der Waals surface area contributed by atoms with E-state index in [0.717, 1.165) is 17.4 Å². The lowest BCUT2D eigenvalue weighted by molar-refractivity contribution is 0.0697. The molecule has 1 atom stereocenters. The van der Waals surface area contributed by atoms with E-state index in [-0.39, 0.29) is 9.77 Å². The summed E-state index contributed by atoms with van der Waals surface area (Å²) in [6.45, 7) is 3.42. The topological polar surface area (TPSA) is 96.6 Å². The third-order valence-electron chi connectivity index (χ3n) is 2.61. The highest BCUT2D eigenvalue weighted by Gasteiger charge is 2.23. The predicted molar refractivity (Wildman–Crippen MR) is 73.5 cm³/mol. The zero-order chi connectivity index (χ0) is 14.9. The van der Waals surface area contributed by atoms with E-state index in [0.29, 0.717) is 11.5 Å². The number of hydrogen-bond acceptors (Lipinski definition) is 5. The highest BCUT2D eigenvalue weighted by molar-refractivity contribution is 7.91. The summed E-state index contributed by atoms with van der Waals surface area (Å²) in [4.78, 5) is 10.8. The number of carboxylic acid groups (broad SMARTS) is 1. The van der Waals surface area contributed by atoms with Gasteiger partial charge < -0.3 is 9.52 Å². The number of furan rings is 1. The molecular formula is C12H13NO5S2. The van der Waals surface area contributed by atoms with Crippen molar-refractivity contribution in [3.8, 4) is 0 Å². The van der Waals surface area contributed by atoms with Crippen LogP contribution in [-0.2, 0) is 10.0 Å². The van der Waals surface area contributed by atoms with Crippen LogP contribution < -0.4 is 4.72 Å². The lowest BCUT2D eigenvalue weighted by Gasteiger charge is -2.10. The lowest BCUT2D eigenvalue weighted by atomic mass is 10.3. The first-order chi connectivity index (χ1) is 9.29. The molecule has 2 rings (SSSR count). The number of aryl methyl sites for hydroxylation is 1. The zero-order valence-corrected chi connectivity index (χ0v) is 12.4. The van der Waals surface area contributed by atoms with Crippen molar-refractivity contribution < 1.29 is 22.7 Å². The third-order valence-corrected chi connectivity index (χ3v) is 5.59. The van der Waals surface area contributed by atoms with E-state index in [1.165, 1.54) is 5.38 Å². The molecule has 0 aliphatic heterocycles. The van der Waals surface area contributed by atoms with Crippen LogP contribution in [0.15, 0.2) is 32.2 Å². The van der Waals surface area contributed by atoms with Crippen LogP contribution in [-0.4, -0.2) is 19.5 Å². The van der Waals surface area contributed by atoms with Crippen molar-refractivity contribution >= 4 is 27.3 Å². The minimum atomic E-state index is -3.77. The molecule has 2 N–H and O–H groups in total. The van der Waals surface area contributed by atoms with E-state index in [4.69, 9.17) is 9.52 Å². The number of carbonyl (C=O) groups is 1. The molecule has 0 saturated heterocycles. The van der Waals surface area contributed by atoms with Gasteiger partial charge in [-0.15, -0.1) is 11.3 Å². The summed E-state index contributed by atoms with van der Waals surface area (Å²) in [5, 5.41) is 10.1. The zero-order valence-electron chi connectivity index (χ0n) is 10.8. The van der Waals surface area contributed by atoms with Gasteiger partial charge in [0.05, 0.1) is 11.6 Å². The molecule has 0 spiro atoms.